The van der Waals surface area contributed by atoms with Gasteiger partial charge in [0.2, 0.25) is 5.95 Å². The van der Waals surface area contributed by atoms with Gasteiger partial charge in [0, 0.05) is 11.1 Å². The summed E-state index contributed by atoms with van der Waals surface area (Å²) in [6, 6.07) is 0. The van der Waals surface area contributed by atoms with Gasteiger partial charge in [-0.1, -0.05) is 0 Å². The smallest absolute Gasteiger partial charge is 0.282 e. The molecule has 3 N–H and O–H groups in total. The highest BCUT2D eigenvalue weighted by molar-refractivity contribution is 7.18. The summed E-state index contributed by atoms with van der Waals surface area (Å²) in [5, 5.41) is 4.52. The molecular weight excluding hydrogens is 250 g/mol. The lowest BCUT2D eigenvalue weighted by Gasteiger charge is -2.05. The molecule has 0 saturated heterocycles. The lowest BCUT2D eigenvalue weighted by molar-refractivity contribution is 0.901. The maximum Gasteiger partial charge on any atom is 0.282 e. The second kappa shape index (κ2) is 4.09. The van der Waals surface area contributed by atoms with E-state index in [9.17, 15) is 4.79 Å². The summed E-state index contributed by atoms with van der Waals surface area (Å²) in [7, 11) is 0. The van der Waals surface area contributed by atoms with Crippen LogP contribution in [0.15, 0.2) is 9.90 Å². The molecule has 0 amide bonds. The zero-order valence-corrected chi connectivity index (χ0v) is 10.8. The minimum atomic E-state index is -0.201. The Bertz CT molecular complexity index is 700. The van der Waals surface area contributed by atoms with Gasteiger partial charge in [-0.15, -0.1) is 11.3 Å². The van der Waals surface area contributed by atoms with E-state index in [4.69, 9.17) is 5.84 Å². The summed E-state index contributed by atoms with van der Waals surface area (Å²) >= 11 is 1.59. The third-order valence-electron chi connectivity index (χ3n) is 3.06. The van der Waals surface area contributed by atoms with E-state index in [0.29, 0.717) is 5.39 Å². The number of aromatic nitrogens is 2. The normalized spacial score (nSPS) is 14.5. The summed E-state index contributed by atoms with van der Waals surface area (Å²) in [5.41, 5.74) is 3.60. The predicted octanol–water partition coefficient (Wildman–Crippen LogP) is 1.08. The Balaban J connectivity index is 2.26. The first-order chi connectivity index (χ1) is 8.72. The van der Waals surface area contributed by atoms with Gasteiger partial charge in [-0.25, -0.2) is 10.4 Å². The first-order valence-corrected chi connectivity index (χ1v) is 6.60. The minimum Gasteiger partial charge on any atom is -0.333 e. The van der Waals surface area contributed by atoms with Gasteiger partial charge >= 0.3 is 0 Å². The first-order valence-electron chi connectivity index (χ1n) is 5.78. The Morgan fingerprint density at radius 3 is 3.17 bits per heavy atom. The number of fused-ring (bicyclic) bond motifs is 3. The van der Waals surface area contributed by atoms with Crippen molar-refractivity contribution in [3.63, 3.8) is 0 Å². The van der Waals surface area contributed by atoms with Crippen molar-refractivity contribution in [2.75, 3.05) is 11.3 Å². The average Bonchev–Trinajstić information content (AvgIpc) is 2.91. The molecule has 2 heterocycles. The van der Waals surface area contributed by atoms with E-state index in [1.807, 2.05) is 0 Å². The number of hydrogen-bond donors (Lipinski definition) is 2. The molecule has 0 aromatic carbocycles. The van der Waals surface area contributed by atoms with E-state index in [-0.39, 0.29) is 11.5 Å². The molecule has 0 fully saturated rings. The highest BCUT2D eigenvalue weighted by atomic mass is 32.1. The maximum atomic E-state index is 12.2. The number of aryl methyl sites for hydroxylation is 2. The topological polar surface area (TPSA) is 85.3 Å². The molecule has 7 heteroatoms. The minimum absolute atomic E-state index is 0.201. The van der Waals surface area contributed by atoms with Crippen molar-refractivity contribution in [2.24, 2.45) is 5.10 Å². The zero-order valence-electron chi connectivity index (χ0n) is 9.93. The molecule has 18 heavy (non-hydrogen) atoms. The molecule has 3 rings (SSSR count). The fourth-order valence-corrected chi connectivity index (χ4v) is 3.51. The predicted molar refractivity (Wildman–Crippen MR) is 73.8 cm³/mol. The molecule has 0 unspecified atom stereocenters. The van der Waals surface area contributed by atoms with Crippen molar-refractivity contribution in [1.29, 1.82) is 0 Å². The van der Waals surface area contributed by atoms with Crippen LogP contribution in [-0.2, 0) is 12.8 Å². The molecule has 94 valence electrons. The number of nitrogens with one attached hydrogen (secondary N) is 1. The molecule has 2 aromatic heterocycles. The van der Waals surface area contributed by atoms with Gasteiger partial charge in [0.05, 0.1) is 5.39 Å². The number of hydrogen-bond acceptors (Lipinski definition) is 6. The van der Waals surface area contributed by atoms with Crippen LogP contribution in [-0.4, -0.2) is 15.9 Å². The van der Waals surface area contributed by atoms with Crippen molar-refractivity contribution in [3.05, 3.63) is 20.8 Å². The van der Waals surface area contributed by atoms with Gasteiger partial charge in [-0.3, -0.25) is 4.79 Å². The van der Waals surface area contributed by atoms with Crippen molar-refractivity contribution >= 4 is 33.7 Å². The fraction of sp³-hybridized carbons (Fsp3) is 0.364. The Kier molecular flexibility index (Phi) is 2.55. The molecule has 1 aliphatic rings. The molecule has 0 saturated carbocycles. The molecular formula is C11H13N5OS. The van der Waals surface area contributed by atoms with E-state index in [1.54, 1.807) is 24.5 Å². The summed E-state index contributed by atoms with van der Waals surface area (Å²) in [6.07, 6.45) is 4.67. The number of hydrazone groups is 1. The monoisotopic (exact) mass is 263 g/mol. The van der Waals surface area contributed by atoms with Gasteiger partial charge in [-0.2, -0.15) is 9.78 Å². The van der Waals surface area contributed by atoms with Crippen LogP contribution in [0.3, 0.4) is 0 Å². The average molecular weight is 263 g/mol. The van der Waals surface area contributed by atoms with Crippen LogP contribution in [0, 0.1) is 0 Å². The summed E-state index contributed by atoms with van der Waals surface area (Å²) in [6.45, 7) is 1.77. The number of anilines is 1. The van der Waals surface area contributed by atoms with Gasteiger partial charge in [0.15, 0.2) is 0 Å². The lowest BCUT2D eigenvalue weighted by Crippen LogP contribution is -2.30. The zero-order chi connectivity index (χ0) is 12.7. The van der Waals surface area contributed by atoms with Gasteiger partial charge in [-0.05, 0) is 31.7 Å². The Hall–Kier alpha value is -1.89. The highest BCUT2D eigenvalue weighted by Crippen LogP contribution is 2.34. The van der Waals surface area contributed by atoms with E-state index in [1.165, 1.54) is 4.88 Å². The fourth-order valence-electron chi connectivity index (χ4n) is 2.26. The molecule has 0 spiro atoms. The summed E-state index contributed by atoms with van der Waals surface area (Å²) < 4.78 is 1.03. The van der Waals surface area contributed by atoms with E-state index in [2.05, 4.69) is 15.5 Å². The lowest BCUT2D eigenvalue weighted by atomic mass is 10.2. The van der Waals surface area contributed by atoms with Crippen LogP contribution >= 0.6 is 11.3 Å². The number of nitrogens with zero attached hydrogens (tertiary/aromatic N) is 3. The molecule has 2 aromatic rings. The van der Waals surface area contributed by atoms with Gasteiger partial charge in [0.1, 0.15) is 4.83 Å². The summed E-state index contributed by atoms with van der Waals surface area (Å²) in [5.74, 6) is 6.02. The van der Waals surface area contributed by atoms with Crippen molar-refractivity contribution < 1.29 is 0 Å². The molecule has 0 radical (unpaired) electrons. The second-order valence-corrected chi connectivity index (χ2v) is 5.23. The number of rotatable bonds is 2. The first kappa shape index (κ1) is 11.2. The van der Waals surface area contributed by atoms with Crippen LogP contribution in [0.25, 0.3) is 10.2 Å². The van der Waals surface area contributed by atoms with Crippen LogP contribution in [0.4, 0.5) is 5.95 Å². The van der Waals surface area contributed by atoms with Crippen LogP contribution in [0.1, 0.15) is 23.8 Å². The van der Waals surface area contributed by atoms with E-state index < -0.39 is 0 Å². The van der Waals surface area contributed by atoms with Gasteiger partial charge < -0.3 is 5.84 Å². The third kappa shape index (κ3) is 1.51. The van der Waals surface area contributed by atoms with E-state index in [0.717, 1.165) is 34.3 Å². The Morgan fingerprint density at radius 1 is 1.56 bits per heavy atom. The Labute approximate surface area is 107 Å². The molecule has 1 aliphatic carbocycles. The molecule has 0 atom stereocenters. The SMILES string of the molecule is CC=NNc1nc2sc3c(c2c(=O)n1N)CCC3. The third-order valence-corrected chi connectivity index (χ3v) is 4.25. The molecule has 0 aliphatic heterocycles. The Morgan fingerprint density at radius 2 is 2.39 bits per heavy atom. The number of nitrogen functional groups attached to an aromatic ring is 1. The number of nitrogens with two attached hydrogens (primary N) is 1. The standard InChI is InChI=1S/C11H13N5OS/c1-2-13-15-11-14-9-8(10(17)16(11)12)6-4-3-5-7(6)18-9/h2H,3-5,12H2,1H3,(H,14,15). The largest absolute Gasteiger partial charge is 0.333 e. The quantitative estimate of drug-likeness (QED) is 0.482. The molecule has 0 bridgehead atoms. The second-order valence-electron chi connectivity index (χ2n) is 4.15. The number of thiophene rings is 1. The highest BCUT2D eigenvalue weighted by Gasteiger charge is 2.22. The summed E-state index contributed by atoms with van der Waals surface area (Å²) in [4.78, 5) is 18.6. The van der Waals surface area contributed by atoms with Crippen molar-refractivity contribution in [3.8, 4) is 0 Å². The van der Waals surface area contributed by atoms with E-state index >= 15 is 0 Å². The van der Waals surface area contributed by atoms with Crippen LogP contribution in [0.5, 0.6) is 0 Å². The van der Waals surface area contributed by atoms with Crippen LogP contribution in [0.2, 0.25) is 0 Å². The molecule has 6 nitrogen and oxygen atoms in total. The van der Waals surface area contributed by atoms with Crippen molar-refractivity contribution in [2.45, 2.75) is 26.2 Å². The maximum absolute atomic E-state index is 12.2. The van der Waals surface area contributed by atoms with Crippen molar-refractivity contribution in [1.82, 2.24) is 9.66 Å². The van der Waals surface area contributed by atoms with Crippen LogP contribution < -0.4 is 16.8 Å². The van der Waals surface area contributed by atoms with Gasteiger partial charge in [0.25, 0.3) is 5.56 Å².